The summed E-state index contributed by atoms with van der Waals surface area (Å²) >= 11 is 0. The summed E-state index contributed by atoms with van der Waals surface area (Å²) in [4.78, 5) is 34.1. The average Bonchev–Trinajstić information content (AvgIpc) is 2.56. The van der Waals surface area contributed by atoms with Gasteiger partial charge in [0.15, 0.2) is 0 Å². The van der Waals surface area contributed by atoms with Gasteiger partial charge in [0.25, 0.3) is 0 Å². The molecular formula is C17H39N3O3. The fourth-order valence-corrected chi connectivity index (χ4v) is 1.34. The van der Waals surface area contributed by atoms with Crippen molar-refractivity contribution in [1.29, 1.82) is 0 Å². The Morgan fingerprint density at radius 3 is 1.39 bits per heavy atom. The van der Waals surface area contributed by atoms with Crippen molar-refractivity contribution in [3.8, 4) is 0 Å². The van der Waals surface area contributed by atoms with Crippen LogP contribution in [0.5, 0.6) is 0 Å². The predicted molar refractivity (Wildman–Crippen MR) is 98.2 cm³/mol. The van der Waals surface area contributed by atoms with Gasteiger partial charge in [0.05, 0.1) is 0 Å². The lowest BCUT2D eigenvalue weighted by molar-refractivity contribution is -0.132. The zero-order valence-electron chi connectivity index (χ0n) is 17.0. The van der Waals surface area contributed by atoms with E-state index in [2.05, 4.69) is 16.0 Å². The highest BCUT2D eigenvalue weighted by Gasteiger charge is 2.25. The van der Waals surface area contributed by atoms with Crippen LogP contribution in [-0.2, 0) is 14.4 Å². The second-order valence-corrected chi connectivity index (χ2v) is 4.27. The Morgan fingerprint density at radius 1 is 0.739 bits per heavy atom. The first-order chi connectivity index (χ1) is 10.8. The van der Waals surface area contributed by atoms with E-state index in [1.54, 1.807) is 6.92 Å². The van der Waals surface area contributed by atoms with E-state index < -0.39 is 12.1 Å². The third kappa shape index (κ3) is 16.6. The lowest BCUT2D eigenvalue weighted by atomic mass is 10.0. The number of hydrogen-bond donors (Lipinski definition) is 3. The molecule has 0 bridgehead atoms. The highest BCUT2D eigenvalue weighted by atomic mass is 16.2. The fraction of sp³-hybridized carbons (Fsp3) is 0.824. The van der Waals surface area contributed by atoms with Crippen molar-refractivity contribution < 1.29 is 14.4 Å². The van der Waals surface area contributed by atoms with Crippen molar-refractivity contribution in [3.63, 3.8) is 0 Å². The van der Waals surface area contributed by atoms with Gasteiger partial charge in [-0.05, 0) is 12.8 Å². The topological polar surface area (TPSA) is 87.3 Å². The summed E-state index contributed by atoms with van der Waals surface area (Å²) < 4.78 is 0. The Balaban J connectivity index is -0.000000267. The molecule has 0 spiro atoms. The highest BCUT2D eigenvalue weighted by molar-refractivity contribution is 5.91. The fourth-order valence-electron chi connectivity index (χ4n) is 1.34. The number of carbonyl (C=O) groups is 3. The zero-order chi connectivity index (χ0) is 19.6. The van der Waals surface area contributed by atoms with Gasteiger partial charge >= 0.3 is 0 Å². The first-order valence-corrected chi connectivity index (χ1v) is 8.58. The summed E-state index contributed by atoms with van der Waals surface area (Å²) in [6.45, 7) is 18.6. The maximum Gasteiger partial charge on any atom is 0.243 e. The van der Waals surface area contributed by atoms with Gasteiger partial charge in [-0.2, -0.15) is 0 Å². The number of carbonyl (C=O) groups excluding carboxylic acids is 3. The van der Waals surface area contributed by atoms with Crippen LogP contribution in [-0.4, -0.2) is 36.9 Å². The van der Waals surface area contributed by atoms with E-state index in [9.17, 15) is 14.4 Å². The van der Waals surface area contributed by atoms with Crippen LogP contribution in [0.2, 0.25) is 0 Å². The number of amides is 3. The van der Waals surface area contributed by atoms with Gasteiger partial charge in [0, 0.05) is 14.0 Å². The van der Waals surface area contributed by atoms with Crippen LogP contribution < -0.4 is 16.0 Å². The van der Waals surface area contributed by atoms with Gasteiger partial charge in [-0.1, -0.05) is 55.4 Å². The Bertz CT molecular complexity index is 305. The summed E-state index contributed by atoms with van der Waals surface area (Å²) in [5, 5.41) is 7.55. The van der Waals surface area contributed by atoms with Gasteiger partial charge in [0.2, 0.25) is 17.7 Å². The van der Waals surface area contributed by atoms with E-state index in [0.717, 1.165) is 0 Å². The van der Waals surface area contributed by atoms with Crippen LogP contribution in [0.1, 0.15) is 69.2 Å². The molecule has 23 heavy (non-hydrogen) atoms. The molecule has 6 nitrogen and oxygen atoms in total. The quantitative estimate of drug-likeness (QED) is 0.722. The molecule has 0 aromatic heterocycles. The molecule has 0 aliphatic carbocycles. The van der Waals surface area contributed by atoms with E-state index in [1.165, 1.54) is 14.0 Å². The third-order valence-corrected chi connectivity index (χ3v) is 2.31. The zero-order valence-corrected chi connectivity index (χ0v) is 17.0. The molecule has 0 radical (unpaired) electrons. The minimum absolute atomic E-state index is 0.0456. The standard InChI is InChI=1S/C11H21N3O3.3C2H6/c1-6(2)9(14-8(4)15)11(17)13-7(3)10(16)12-5;3*1-2/h6-7,9H,1-5H3,(H,12,16)(H,13,17)(H,14,15);3*1-2H3. The number of hydrogen-bond acceptors (Lipinski definition) is 3. The number of rotatable bonds is 5. The van der Waals surface area contributed by atoms with E-state index in [0.29, 0.717) is 0 Å². The van der Waals surface area contributed by atoms with Gasteiger partial charge in [-0.25, -0.2) is 0 Å². The lowest BCUT2D eigenvalue weighted by Gasteiger charge is -2.22. The Hall–Kier alpha value is -1.59. The number of likely N-dealkylation sites (N-methyl/N-ethyl adjacent to an activating group) is 1. The molecule has 2 atom stereocenters. The van der Waals surface area contributed by atoms with Crippen LogP contribution in [0.25, 0.3) is 0 Å². The SMILES string of the molecule is CC.CC.CC.CNC(=O)C(C)NC(=O)C(NC(C)=O)C(C)C. The summed E-state index contributed by atoms with van der Waals surface area (Å²) in [6.07, 6.45) is 0. The van der Waals surface area contributed by atoms with Gasteiger partial charge in [0.1, 0.15) is 12.1 Å². The lowest BCUT2D eigenvalue weighted by Crippen LogP contribution is -2.53. The molecule has 0 aromatic carbocycles. The Morgan fingerprint density at radius 2 is 1.13 bits per heavy atom. The largest absolute Gasteiger partial charge is 0.357 e. The van der Waals surface area contributed by atoms with Crippen molar-refractivity contribution in [2.75, 3.05) is 7.05 Å². The first kappa shape index (κ1) is 29.4. The molecule has 0 aromatic rings. The minimum Gasteiger partial charge on any atom is -0.357 e. The average molecular weight is 334 g/mol. The Labute approximate surface area is 143 Å². The molecule has 0 aliphatic rings. The summed E-state index contributed by atoms with van der Waals surface area (Å²) in [7, 11) is 1.50. The van der Waals surface area contributed by atoms with Crippen molar-refractivity contribution in [2.45, 2.75) is 81.3 Å². The molecule has 0 saturated heterocycles. The van der Waals surface area contributed by atoms with E-state index >= 15 is 0 Å². The number of nitrogens with one attached hydrogen (secondary N) is 3. The van der Waals surface area contributed by atoms with Crippen LogP contribution in [0.15, 0.2) is 0 Å². The van der Waals surface area contributed by atoms with Gasteiger partial charge in [-0.15, -0.1) is 0 Å². The van der Waals surface area contributed by atoms with Crippen LogP contribution >= 0.6 is 0 Å². The maximum absolute atomic E-state index is 11.8. The molecule has 0 aliphatic heterocycles. The predicted octanol–water partition coefficient (Wildman–Crippen LogP) is 2.48. The smallest absolute Gasteiger partial charge is 0.243 e. The Kier molecular flexibility index (Phi) is 26.1. The van der Waals surface area contributed by atoms with Crippen molar-refractivity contribution >= 4 is 17.7 Å². The first-order valence-electron chi connectivity index (χ1n) is 8.58. The highest BCUT2D eigenvalue weighted by Crippen LogP contribution is 2.02. The van der Waals surface area contributed by atoms with Crippen LogP contribution in [0, 0.1) is 5.92 Å². The van der Waals surface area contributed by atoms with Crippen LogP contribution in [0.3, 0.4) is 0 Å². The van der Waals surface area contributed by atoms with Crippen molar-refractivity contribution in [3.05, 3.63) is 0 Å². The summed E-state index contributed by atoms with van der Waals surface area (Å²) in [6, 6.07) is -1.25. The van der Waals surface area contributed by atoms with Crippen molar-refractivity contribution in [1.82, 2.24) is 16.0 Å². The summed E-state index contributed by atoms with van der Waals surface area (Å²) in [5.74, 6) is -0.947. The molecule has 2 unspecified atom stereocenters. The molecule has 3 N–H and O–H groups in total. The molecular weight excluding hydrogens is 294 g/mol. The minimum atomic E-state index is -0.625. The molecule has 0 saturated carbocycles. The molecule has 6 heteroatoms. The van der Waals surface area contributed by atoms with E-state index in [-0.39, 0.29) is 23.6 Å². The monoisotopic (exact) mass is 333 g/mol. The molecule has 140 valence electrons. The van der Waals surface area contributed by atoms with Crippen LogP contribution in [0.4, 0.5) is 0 Å². The molecule has 0 rings (SSSR count). The normalized spacial score (nSPS) is 11.0. The van der Waals surface area contributed by atoms with E-state index in [1.807, 2.05) is 55.4 Å². The second-order valence-electron chi connectivity index (χ2n) is 4.27. The van der Waals surface area contributed by atoms with E-state index in [4.69, 9.17) is 0 Å². The third-order valence-electron chi connectivity index (χ3n) is 2.31. The van der Waals surface area contributed by atoms with Crippen molar-refractivity contribution in [2.24, 2.45) is 5.92 Å². The van der Waals surface area contributed by atoms with Gasteiger partial charge in [-0.3, -0.25) is 14.4 Å². The maximum atomic E-state index is 11.8. The van der Waals surface area contributed by atoms with Gasteiger partial charge < -0.3 is 16.0 Å². The molecule has 0 fully saturated rings. The molecule has 0 heterocycles. The summed E-state index contributed by atoms with van der Waals surface area (Å²) in [5.41, 5.74) is 0. The second kappa shape index (κ2) is 20.4. The molecule has 3 amide bonds.